The van der Waals surface area contributed by atoms with E-state index in [0.29, 0.717) is 17.8 Å². The summed E-state index contributed by atoms with van der Waals surface area (Å²) in [6.45, 7) is 2.70. The fourth-order valence-corrected chi connectivity index (χ4v) is 4.22. The fourth-order valence-electron chi connectivity index (χ4n) is 3.02. The number of ether oxygens (including phenoxy) is 1. The molecular formula is C14H26N2O2S. The molecule has 0 aromatic carbocycles. The van der Waals surface area contributed by atoms with Crippen LogP contribution < -0.4 is 11.1 Å². The van der Waals surface area contributed by atoms with Crippen molar-refractivity contribution in [3.63, 3.8) is 0 Å². The molecule has 0 radical (unpaired) electrons. The van der Waals surface area contributed by atoms with E-state index < -0.39 is 0 Å². The van der Waals surface area contributed by atoms with Gasteiger partial charge < -0.3 is 15.8 Å². The summed E-state index contributed by atoms with van der Waals surface area (Å²) in [6, 6.07) is 0.326. The molecule has 1 aliphatic carbocycles. The summed E-state index contributed by atoms with van der Waals surface area (Å²) in [4.78, 5) is 12.2. The molecule has 0 spiro atoms. The van der Waals surface area contributed by atoms with E-state index in [1.54, 1.807) is 0 Å². The molecule has 1 heterocycles. The Hall–Kier alpha value is -0.260. The lowest BCUT2D eigenvalue weighted by molar-refractivity contribution is -0.132. The molecule has 1 saturated heterocycles. The first-order valence-corrected chi connectivity index (χ1v) is 8.57. The van der Waals surface area contributed by atoms with E-state index >= 15 is 0 Å². The van der Waals surface area contributed by atoms with E-state index in [1.807, 2.05) is 11.8 Å². The predicted molar refractivity (Wildman–Crippen MR) is 79.3 cm³/mol. The van der Waals surface area contributed by atoms with Gasteiger partial charge in [0.15, 0.2) is 0 Å². The number of hydrogen-bond donors (Lipinski definition) is 2. The molecule has 110 valence electrons. The van der Waals surface area contributed by atoms with Gasteiger partial charge in [-0.15, -0.1) is 0 Å². The van der Waals surface area contributed by atoms with Gasteiger partial charge in [0, 0.05) is 17.8 Å². The van der Waals surface area contributed by atoms with Crippen LogP contribution in [0.4, 0.5) is 0 Å². The number of thioether (sulfide) groups is 1. The van der Waals surface area contributed by atoms with Gasteiger partial charge in [-0.3, -0.25) is 4.79 Å². The molecule has 0 bridgehead atoms. The molecule has 1 amide bonds. The van der Waals surface area contributed by atoms with Crippen molar-refractivity contribution in [2.24, 2.45) is 5.73 Å². The maximum Gasteiger partial charge on any atom is 0.249 e. The maximum atomic E-state index is 12.2. The number of amides is 1. The van der Waals surface area contributed by atoms with Crippen LogP contribution in [0.5, 0.6) is 0 Å². The van der Waals surface area contributed by atoms with Crippen molar-refractivity contribution < 1.29 is 9.53 Å². The maximum absolute atomic E-state index is 12.2. The average Bonchev–Trinajstić information content (AvgIpc) is 2.90. The molecule has 4 nitrogen and oxygen atoms in total. The Kier molecular flexibility index (Phi) is 5.98. The lowest BCUT2D eigenvalue weighted by Crippen LogP contribution is -2.47. The standard InChI is InChI=1S/C14H26N2O2S/c1-2-19-13-6-4-3-5-11(13)16-14(17)12-8-7-10(9-15)18-12/h10-13H,2-9,15H2,1H3,(H,16,17)/t10-,11?,12+,13?/m1/s1. The first kappa shape index (κ1) is 15.1. The van der Waals surface area contributed by atoms with Gasteiger partial charge in [-0.2, -0.15) is 11.8 Å². The Morgan fingerprint density at radius 3 is 2.79 bits per heavy atom. The van der Waals surface area contributed by atoms with E-state index in [1.165, 1.54) is 19.3 Å². The second-order valence-corrected chi connectivity index (χ2v) is 6.97. The molecule has 19 heavy (non-hydrogen) atoms. The Morgan fingerprint density at radius 1 is 1.32 bits per heavy atom. The zero-order valence-electron chi connectivity index (χ0n) is 11.8. The molecule has 0 aromatic heterocycles. The molecule has 2 unspecified atom stereocenters. The zero-order valence-corrected chi connectivity index (χ0v) is 12.6. The van der Waals surface area contributed by atoms with Crippen molar-refractivity contribution in [3.8, 4) is 0 Å². The third kappa shape index (κ3) is 4.10. The highest BCUT2D eigenvalue weighted by Gasteiger charge is 2.33. The van der Waals surface area contributed by atoms with Crippen LogP contribution in [0.2, 0.25) is 0 Å². The van der Waals surface area contributed by atoms with Crippen molar-refractivity contribution in [2.45, 2.75) is 68.9 Å². The Bertz CT molecular complexity index is 299. The van der Waals surface area contributed by atoms with E-state index in [9.17, 15) is 4.79 Å². The minimum absolute atomic E-state index is 0.0721. The number of carbonyl (C=O) groups is 1. The second kappa shape index (κ2) is 7.50. The first-order valence-electron chi connectivity index (χ1n) is 7.52. The molecule has 2 fully saturated rings. The third-order valence-corrected chi connectivity index (χ3v) is 5.40. The number of nitrogens with one attached hydrogen (secondary N) is 1. The molecule has 2 aliphatic rings. The summed E-state index contributed by atoms with van der Waals surface area (Å²) in [5.74, 6) is 1.19. The lowest BCUT2D eigenvalue weighted by Gasteiger charge is -2.32. The molecule has 5 heteroatoms. The van der Waals surface area contributed by atoms with Crippen LogP contribution in [0.25, 0.3) is 0 Å². The van der Waals surface area contributed by atoms with E-state index in [4.69, 9.17) is 10.5 Å². The summed E-state index contributed by atoms with van der Waals surface area (Å²) in [7, 11) is 0. The summed E-state index contributed by atoms with van der Waals surface area (Å²) in [5.41, 5.74) is 5.58. The summed E-state index contributed by atoms with van der Waals surface area (Å²) in [6.07, 6.45) is 6.36. The summed E-state index contributed by atoms with van der Waals surface area (Å²) >= 11 is 1.97. The van der Waals surface area contributed by atoms with Gasteiger partial charge in [-0.05, 0) is 31.4 Å². The highest BCUT2D eigenvalue weighted by atomic mass is 32.2. The van der Waals surface area contributed by atoms with Crippen LogP contribution in [0.1, 0.15) is 45.4 Å². The van der Waals surface area contributed by atoms with Gasteiger partial charge in [0.1, 0.15) is 6.10 Å². The van der Waals surface area contributed by atoms with Crippen LogP contribution in [-0.2, 0) is 9.53 Å². The van der Waals surface area contributed by atoms with Crippen LogP contribution in [0, 0.1) is 0 Å². The van der Waals surface area contributed by atoms with Crippen LogP contribution in [-0.4, -0.2) is 41.7 Å². The van der Waals surface area contributed by atoms with Gasteiger partial charge >= 0.3 is 0 Å². The molecule has 3 N–H and O–H groups in total. The van der Waals surface area contributed by atoms with E-state index in [-0.39, 0.29) is 18.1 Å². The minimum atomic E-state index is -0.275. The van der Waals surface area contributed by atoms with Gasteiger partial charge in [-0.25, -0.2) is 0 Å². The smallest absolute Gasteiger partial charge is 0.249 e. The normalized spacial score (nSPS) is 35.3. The number of hydrogen-bond acceptors (Lipinski definition) is 4. The Labute approximate surface area is 120 Å². The average molecular weight is 286 g/mol. The number of rotatable bonds is 5. The highest BCUT2D eigenvalue weighted by Crippen LogP contribution is 2.29. The Morgan fingerprint density at radius 2 is 2.11 bits per heavy atom. The summed E-state index contributed by atoms with van der Waals surface area (Å²) < 4.78 is 5.67. The predicted octanol–water partition coefficient (Wildman–Crippen LogP) is 1.67. The van der Waals surface area contributed by atoms with Gasteiger partial charge in [0.05, 0.1) is 6.10 Å². The van der Waals surface area contributed by atoms with Gasteiger partial charge in [0.25, 0.3) is 0 Å². The third-order valence-electron chi connectivity index (χ3n) is 4.07. The molecule has 0 aromatic rings. The van der Waals surface area contributed by atoms with E-state index in [0.717, 1.165) is 25.0 Å². The molecule has 1 aliphatic heterocycles. The van der Waals surface area contributed by atoms with Gasteiger partial charge in [-0.1, -0.05) is 19.8 Å². The monoisotopic (exact) mass is 286 g/mol. The summed E-state index contributed by atoms with van der Waals surface area (Å²) in [5, 5.41) is 3.79. The SMILES string of the molecule is CCSC1CCCCC1NC(=O)[C@@H]1CC[C@H](CN)O1. The minimum Gasteiger partial charge on any atom is -0.364 e. The largest absolute Gasteiger partial charge is 0.364 e. The van der Waals surface area contributed by atoms with Crippen LogP contribution >= 0.6 is 11.8 Å². The quantitative estimate of drug-likeness (QED) is 0.807. The number of nitrogens with two attached hydrogens (primary N) is 1. The van der Waals surface area contributed by atoms with Crippen LogP contribution in [0.3, 0.4) is 0 Å². The molecule has 4 atom stereocenters. The molecule has 1 saturated carbocycles. The number of carbonyl (C=O) groups excluding carboxylic acids is 1. The Balaban J connectivity index is 1.83. The topological polar surface area (TPSA) is 64.4 Å². The first-order chi connectivity index (χ1) is 9.24. The van der Waals surface area contributed by atoms with Crippen molar-refractivity contribution in [1.82, 2.24) is 5.32 Å². The molecule has 2 rings (SSSR count). The van der Waals surface area contributed by atoms with Gasteiger partial charge in [0.2, 0.25) is 5.91 Å². The highest BCUT2D eigenvalue weighted by molar-refractivity contribution is 7.99. The van der Waals surface area contributed by atoms with Crippen molar-refractivity contribution in [3.05, 3.63) is 0 Å². The van der Waals surface area contributed by atoms with E-state index in [2.05, 4.69) is 12.2 Å². The molecular weight excluding hydrogens is 260 g/mol. The second-order valence-electron chi connectivity index (χ2n) is 5.45. The zero-order chi connectivity index (χ0) is 13.7. The fraction of sp³-hybridized carbons (Fsp3) is 0.929. The van der Waals surface area contributed by atoms with Crippen LogP contribution in [0.15, 0.2) is 0 Å². The van der Waals surface area contributed by atoms with Crippen molar-refractivity contribution in [1.29, 1.82) is 0 Å². The van der Waals surface area contributed by atoms with Crippen molar-refractivity contribution >= 4 is 17.7 Å². The lowest BCUT2D eigenvalue weighted by atomic mass is 9.94. The van der Waals surface area contributed by atoms with Crippen molar-refractivity contribution in [2.75, 3.05) is 12.3 Å².